The molecule has 1 saturated heterocycles. The van der Waals surface area contributed by atoms with E-state index in [1.807, 2.05) is 0 Å². The molecule has 0 N–H and O–H groups in total. The van der Waals surface area contributed by atoms with E-state index in [4.69, 9.17) is 9.47 Å². The smallest absolute Gasteiger partial charge is 0.0700 e. The fourth-order valence-corrected chi connectivity index (χ4v) is 1.64. The second-order valence-electron chi connectivity index (χ2n) is 3.51. The fraction of sp³-hybridized carbons (Fsp3) is 1.00. The van der Waals surface area contributed by atoms with Crippen LogP contribution in [0.4, 0.5) is 0 Å². The average Bonchev–Trinajstić information content (AvgIpc) is 2.63. The van der Waals surface area contributed by atoms with Gasteiger partial charge >= 0.3 is 0 Å². The van der Waals surface area contributed by atoms with Crippen molar-refractivity contribution in [1.29, 1.82) is 0 Å². The fourth-order valence-electron chi connectivity index (χ4n) is 1.64. The first-order valence-corrected chi connectivity index (χ1v) is 5.22. The number of nitrogens with zero attached hydrogens (tertiary/aromatic N) is 1. The van der Waals surface area contributed by atoms with Crippen LogP contribution in [0.1, 0.15) is 19.3 Å². The van der Waals surface area contributed by atoms with Gasteiger partial charge < -0.3 is 14.4 Å². The lowest BCUT2D eigenvalue weighted by Gasteiger charge is -2.13. The Kier molecular flexibility index (Phi) is 10.2. The summed E-state index contributed by atoms with van der Waals surface area (Å²) in [5.41, 5.74) is 0. The van der Waals surface area contributed by atoms with Crippen LogP contribution in [0.25, 0.3) is 0 Å². The molecule has 0 spiro atoms. The Bertz CT molecular complexity index is 119. The summed E-state index contributed by atoms with van der Waals surface area (Å²) in [7, 11) is 1.70. The highest BCUT2D eigenvalue weighted by atomic mass is 79.9. The zero-order valence-electron chi connectivity index (χ0n) is 9.04. The van der Waals surface area contributed by atoms with Gasteiger partial charge in [-0.1, -0.05) is 0 Å². The van der Waals surface area contributed by atoms with Crippen LogP contribution < -0.4 is 0 Å². The van der Waals surface area contributed by atoms with Gasteiger partial charge in [-0.15, -0.1) is 17.0 Å². The number of methoxy groups -OCH3 is 1. The van der Waals surface area contributed by atoms with Crippen molar-refractivity contribution in [1.82, 2.24) is 4.90 Å². The summed E-state index contributed by atoms with van der Waals surface area (Å²) in [6.45, 7) is 6.10. The van der Waals surface area contributed by atoms with Crippen LogP contribution in [0.3, 0.4) is 0 Å². The van der Waals surface area contributed by atoms with Crippen LogP contribution in [0.2, 0.25) is 0 Å². The lowest BCUT2D eigenvalue weighted by molar-refractivity contribution is 0.0662. The molecule has 0 aromatic rings. The highest BCUT2D eigenvalue weighted by molar-refractivity contribution is 8.93. The molecule has 1 heterocycles. The molecule has 0 atom stereocenters. The molecule has 0 aromatic heterocycles. The Morgan fingerprint density at radius 2 is 1.79 bits per heavy atom. The Morgan fingerprint density at radius 3 is 2.43 bits per heavy atom. The van der Waals surface area contributed by atoms with Gasteiger partial charge in [0, 0.05) is 20.3 Å². The van der Waals surface area contributed by atoms with E-state index in [-0.39, 0.29) is 17.0 Å². The Labute approximate surface area is 97.5 Å². The second-order valence-corrected chi connectivity index (χ2v) is 3.51. The van der Waals surface area contributed by atoms with E-state index < -0.39 is 0 Å². The third-order valence-corrected chi connectivity index (χ3v) is 2.39. The highest BCUT2D eigenvalue weighted by Crippen LogP contribution is 2.07. The van der Waals surface area contributed by atoms with E-state index in [2.05, 4.69) is 4.90 Å². The highest BCUT2D eigenvalue weighted by Gasteiger charge is 2.09. The van der Waals surface area contributed by atoms with Crippen molar-refractivity contribution in [2.45, 2.75) is 19.3 Å². The maximum atomic E-state index is 5.38. The molecule has 1 aliphatic rings. The summed E-state index contributed by atoms with van der Waals surface area (Å²) in [6.07, 6.45) is 3.92. The predicted octanol–water partition coefficient (Wildman–Crippen LogP) is 1.71. The molecule has 1 aliphatic heterocycles. The van der Waals surface area contributed by atoms with Crippen molar-refractivity contribution in [2.24, 2.45) is 0 Å². The third-order valence-electron chi connectivity index (χ3n) is 2.39. The van der Waals surface area contributed by atoms with Gasteiger partial charge in [-0.3, -0.25) is 0 Å². The summed E-state index contributed by atoms with van der Waals surface area (Å²) in [6, 6.07) is 0. The molecular formula is C10H22BrNO2. The van der Waals surface area contributed by atoms with E-state index in [0.29, 0.717) is 6.61 Å². The van der Waals surface area contributed by atoms with Gasteiger partial charge in [0.2, 0.25) is 0 Å². The molecule has 1 fully saturated rings. The van der Waals surface area contributed by atoms with Crippen molar-refractivity contribution in [3.05, 3.63) is 0 Å². The number of halogens is 1. The summed E-state index contributed by atoms with van der Waals surface area (Å²) in [5.74, 6) is 0. The summed E-state index contributed by atoms with van der Waals surface area (Å²) in [5, 5.41) is 0. The minimum absolute atomic E-state index is 0. The Hall–Kier alpha value is 0.360. The zero-order chi connectivity index (χ0) is 9.36. The molecule has 4 heteroatoms. The van der Waals surface area contributed by atoms with Gasteiger partial charge in [0.15, 0.2) is 0 Å². The van der Waals surface area contributed by atoms with Crippen LogP contribution in [0.15, 0.2) is 0 Å². The van der Waals surface area contributed by atoms with Gasteiger partial charge in [0.05, 0.1) is 13.2 Å². The zero-order valence-corrected chi connectivity index (χ0v) is 10.7. The first-order chi connectivity index (χ1) is 6.43. The first-order valence-electron chi connectivity index (χ1n) is 5.22. The first kappa shape index (κ1) is 14.4. The van der Waals surface area contributed by atoms with Crippen LogP contribution in [0.5, 0.6) is 0 Å². The Morgan fingerprint density at radius 1 is 1.07 bits per heavy atom. The van der Waals surface area contributed by atoms with Gasteiger partial charge in [0.25, 0.3) is 0 Å². The van der Waals surface area contributed by atoms with Gasteiger partial charge in [0.1, 0.15) is 0 Å². The van der Waals surface area contributed by atoms with Gasteiger partial charge in [-0.05, 0) is 32.4 Å². The standard InChI is InChI=1S/C10H21NO2.BrH/c1-12-9-10-13-8-4-7-11-5-2-3-6-11;/h2-10H2,1H3;1H. The van der Waals surface area contributed by atoms with Crippen molar-refractivity contribution >= 4 is 17.0 Å². The van der Waals surface area contributed by atoms with Crippen molar-refractivity contribution in [2.75, 3.05) is 46.6 Å². The number of ether oxygens (including phenoxy) is 2. The number of hydrogen-bond donors (Lipinski definition) is 0. The monoisotopic (exact) mass is 267 g/mol. The van der Waals surface area contributed by atoms with E-state index in [0.717, 1.165) is 19.6 Å². The quantitative estimate of drug-likeness (QED) is 0.656. The maximum absolute atomic E-state index is 5.38. The molecule has 0 radical (unpaired) electrons. The molecule has 14 heavy (non-hydrogen) atoms. The van der Waals surface area contributed by atoms with Gasteiger partial charge in [-0.25, -0.2) is 0 Å². The molecular weight excluding hydrogens is 246 g/mol. The van der Waals surface area contributed by atoms with Crippen molar-refractivity contribution in [3.63, 3.8) is 0 Å². The molecule has 0 aromatic carbocycles. The van der Waals surface area contributed by atoms with E-state index in [1.54, 1.807) is 7.11 Å². The second kappa shape index (κ2) is 9.90. The molecule has 3 nitrogen and oxygen atoms in total. The molecule has 0 unspecified atom stereocenters. The minimum Gasteiger partial charge on any atom is -0.382 e. The van der Waals surface area contributed by atoms with Gasteiger partial charge in [-0.2, -0.15) is 0 Å². The number of hydrogen-bond acceptors (Lipinski definition) is 3. The van der Waals surface area contributed by atoms with Crippen molar-refractivity contribution in [3.8, 4) is 0 Å². The molecule has 0 amide bonds. The molecule has 0 aliphatic carbocycles. The lowest BCUT2D eigenvalue weighted by atomic mass is 10.4. The third kappa shape index (κ3) is 6.76. The normalized spacial score (nSPS) is 16.9. The average molecular weight is 268 g/mol. The Balaban J connectivity index is 0.00000169. The summed E-state index contributed by atoms with van der Waals surface area (Å²) < 4.78 is 10.3. The largest absolute Gasteiger partial charge is 0.382 e. The number of rotatable bonds is 7. The van der Waals surface area contributed by atoms with E-state index in [9.17, 15) is 0 Å². The molecule has 0 saturated carbocycles. The van der Waals surface area contributed by atoms with E-state index in [1.165, 1.54) is 32.5 Å². The van der Waals surface area contributed by atoms with E-state index >= 15 is 0 Å². The SMILES string of the molecule is Br.COCCOCCCN1CCCC1. The molecule has 0 bridgehead atoms. The number of likely N-dealkylation sites (tertiary alicyclic amines) is 1. The molecule has 86 valence electrons. The topological polar surface area (TPSA) is 21.7 Å². The van der Waals surface area contributed by atoms with Crippen LogP contribution in [-0.2, 0) is 9.47 Å². The summed E-state index contributed by atoms with van der Waals surface area (Å²) >= 11 is 0. The molecule has 1 rings (SSSR count). The van der Waals surface area contributed by atoms with Crippen LogP contribution in [0, 0.1) is 0 Å². The maximum Gasteiger partial charge on any atom is 0.0700 e. The predicted molar refractivity (Wildman–Crippen MR) is 63.3 cm³/mol. The minimum atomic E-state index is 0. The van der Waals surface area contributed by atoms with Crippen LogP contribution in [-0.4, -0.2) is 51.5 Å². The van der Waals surface area contributed by atoms with Crippen molar-refractivity contribution < 1.29 is 9.47 Å². The summed E-state index contributed by atoms with van der Waals surface area (Å²) in [4.78, 5) is 2.51. The van der Waals surface area contributed by atoms with Crippen LogP contribution >= 0.6 is 17.0 Å². The lowest BCUT2D eigenvalue weighted by Crippen LogP contribution is -2.21.